The number of carbonyl (C=O) groups excluding carboxylic acids is 2. The first kappa shape index (κ1) is 16.8. The number of hydrogen-bond donors (Lipinski definition) is 1. The Morgan fingerprint density at radius 1 is 1.08 bits per heavy atom. The van der Waals surface area contributed by atoms with E-state index in [0.717, 1.165) is 24.8 Å². The molecule has 1 saturated carbocycles. The molecule has 4 nitrogen and oxygen atoms in total. The first-order chi connectivity index (χ1) is 12.6. The summed E-state index contributed by atoms with van der Waals surface area (Å²) in [6.07, 6.45) is 3.23. The van der Waals surface area contributed by atoms with E-state index in [4.69, 9.17) is 5.73 Å². The molecule has 26 heavy (non-hydrogen) atoms. The Hall–Kier alpha value is -2.62. The fourth-order valence-electron chi connectivity index (χ4n) is 4.46. The van der Waals surface area contributed by atoms with Crippen LogP contribution in [0.5, 0.6) is 0 Å². The lowest BCUT2D eigenvalue weighted by Crippen LogP contribution is -2.36. The van der Waals surface area contributed by atoms with Crippen LogP contribution in [-0.2, 0) is 28.0 Å². The molecule has 0 bridgehead atoms. The minimum Gasteiger partial charge on any atom is -0.370 e. The van der Waals surface area contributed by atoms with E-state index < -0.39 is 0 Å². The molecule has 4 rings (SSSR count). The summed E-state index contributed by atoms with van der Waals surface area (Å²) in [5.41, 5.74) is 9.17. The molecule has 0 heterocycles. The maximum absolute atomic E-state index is 13.3. The predicted octanol–water partition coefficient (Wildman–Crippen LogP) is 2.79. The molecule has 2 atom stereocenters. The van der Waals surface area contributed by atoms with Gasteiger partial charge in [-0.2, -0.15) is 0 Å². The van der Waals surface area contributed by atoms with E-state index in [1.165, 1.54) is 11.1 Å². The van der Waals surface area contributed by atoms with E-state index >= 15 is 0 Å². The Bertz CT molecular complexity index is 833. The average molecular weight is 348 g/mol. The van der Waals surface area contributed by atoms with Crippen LogP contribution in [0.25, 0.3) is 0 Å². The van der Waals surface area contributed by atoms with E-state index in [9.17, 15) is 9.59 Å². The first-order valence-corrected chi connectivity index (χ1v) is 9.29. The summed E-state index contributed by atoms with van der Waals surface area (Å²) in [6.45, 7) is 0.915. The van der Waals surface area contributed by atoms with Crippen molar-refractivity contribution in [2.45, 2.75) is 37.6 Å². The van der Waals surface area contributed by atoms with Crippen molar-refractivity contribution in [2.75, 3.05) is 6.54 Å². The van der Waals surface area contributed by atoms with E-state index in [-0.39, 0.29) is 29.6 Å². The van der Waals surface area contributed by atoms with E-state index in [2.05, 4.69) is 24.3 Å². The third-order valence-corrected chi connectivity index (χ3v) is 5.92. The van der Waals surface area contributed by atoms with Crippen molar-refractivity contribution >= 4 is 11.8 Å². The number of amides is 2. The van der Waals surface area contributed by atoms with Gasteiger partial charge in [-0.3, -0.25) is 9.59 Å². The summed E-state index contributed by atoms with van der Waals surface area (Å²) in [5, 5.41) is 0. The molecule has 4 heteroatoms. The minimum absolute atomic E-state index is 0.0232. The van der Waals surface area contributed by atoms with Crippen molar-refractivity contribution in [3.63, 3.8) is 0 Å². The van der Waals surface area contributed by atoms with Crippen LogP contribution in [0.3, 0.4) is 0 Å². The molecular formula is C22H24N2O2. The van der Waals surface area contributed by atoms with E-state index in [1.807, 2.05) is 35.2 Å². The fraction of sp³-hybridized carbons (Fsp3) is 0.364. The Morgan fingerprint density at radius 3 is 2.58 bits per heavy atom. The van der Waals surface area contributed by atoms with Gasteiger partial charge >= 0.3 is 0 Å². The van der Waals surface area contributed by atoms with Crippen molar-refractivity contribution in [2.24, 2.45) is 11.7 Å². The van der Waals surface area contributed by atoms with Crippen LogP contribution in [0.2, 0.25) is 0 Å². The highest BCUT2D eigenvalue weighted by atomic mass is 16.2. The summed E-state index contributed by atoms with van der Waals surface area (Å²) in [7, 11) is 0. The third kappa shape index (κ3) is 3.00. The lowest BCUT2D eigenvalue weighted by atomic mass is 9.95. The van der Waals surface area contributed by atoms with Gasteiger partial charge in [0, 0.05) is 30.8 Å². The summed E-state index contributed by atoms with van der Waals surface area (Å²) in [5.74, 6) is -0.179. The molecule has 2 aliphatic carbocycles. The number of hydrogen-bond acceptors (Lipinski definition) is 2. The SMILES string of the molecule is NC(=O)CCN(Cc1ccccc1)C(=O)[C@H]1C[C@@]12CCc1ccccc12. The number of benzene rings is 2. The normalized spacial score (nSPS) is 22.8. The maximum Gasteiger partial charge on any atom is 0.226 e. The average Bonchev–Trinajstić information content (AvgIpc) is 3.27. The van der Waals surface area contributed by atoms with Crippen LogP contribution >= 0.6 is 0 Å². The van der Waals surface area contributed by atoms with Crippen LogP contribution < -0.4 is 5.73 Å². The largest absolute Gasteiger partial charge is 0.370 e. The maximum atomic E-state index is 13.3. The number of primary amides is 1. The van der Waals surface area contributed by atoms with Crippen molar-refractivity contribution in [3.8, 4) is 0 Å². The van der Waals surface area contributed by atoms with Crippen LogP contribution in [0.15, 0.2) is 54.6 Å². The third-order valence-electron chi connectivity index (χ3n) is 5.92. The number of rotatable bonds is 6. The molecule has 2 N–H and O–H groups in total. The van der Waals surface area contributed by atoms with Crippen LogP contribution in [0, 0.1) is 5.92 Å². The second kappa shape index (κ2) is 6.60. The molecule has 1 fully saturated rings. The van der Waals surface area contributed by atoms with Crippen molar-refractivity contribution in [3.05, 3.63) is 71.3 Å². The van der Waals surface area contributed by atoms with Gasteiger partial charge in [0.05, 0.1) is 0 Å². The lowest BCUT2D eigenvalue weighted by molar-refractivity contribution is -0.134. The first-order valence-electron chi connectivity index (χ1n) is 9.29. The van der Waals surface area contributed by atoms with Gasteiger partial charge in [0.25, 0.3) is 0 Å². The lowest BCUT2D eigenvalue weighted by Gasteiger charge is -2.24. The zero-order chi connectivity index (χ0) is 18.1. The zero-order valence-electron chi connectivity index (χ0n) is 14.9. The van der Waals surface area contributed by atoms with Gasteiger partial charge in [-0.1, -0.05) is 54.6 Å². The van der Waals surface area contributed by atoms with Gasteiger partial charge in [-0.25, -0.2) is 0 Å². The van der Waals surface area contributed by atoms with Gasteiger partial charge in [0.1, 0.15) is 0 Å². The Morgan fingerprint density at radius 2 is 1.81 bits per heavy atom. The number of fused-ring (bicyclic) bond motifs is 2. The van der Waals surface area contributed by atoms with Crippen LogP contribution in [0.4, 0.5) is 0 Å². The summed E-state index contributed by atoms with van der Waals surface area (Å²) < 4.78 is 0. The molecule has 0 aliphatic heterocycles. The summed E-state index contributed by atoms with van der Waals surface area (Å²) in [6, 6.07) is 18.4. The summed E-state index contributed by atoms with van der Waals surface area (Å²) >= 11 is 0. The second-order valence-electron chi connectivity index (χ2n) is 7.53. The molecule has 134 valence electrons. The predicted molar refractivity (Wildman–Crippen MR) is 100 cm³/mol. The Balaban J connectivity index is 1.53. The highest BCUT2D eigenvalue weighted by Gasteiger charge is 2.61. The molecule has 2 amide bonds. The molecule has 0 aromatic heterocycles. The monoisotopic (exact) mass is 348 g/mol. The number of carbonyl (C=O) groups is 2. The van der Waals surface area contributed by atoms with Gasteiger partial charge in [0.2, 0.25) is 11.8 Å². The molecule has 0 unspecified atom stereocenters. The highest BCUT2D eigenvalue weighted by molar-refractivity contribution is 5.85. The summed E-state index contributed by atoms with van der Waals surface area (Å²) in [4.78, 5) is 26.3. The fourth-order valence-corrected chi connectivity index (χ4v) is 4.46. The van der Waals surface area contributed by atoms with E-state index in [0.29, 0.717) is 13.1 Å². The van der Waals surface area contributed by atoms with Gasteiger partial charge in [0.15, 0.2) is 0 Å². The van der Waals surface area contributed by atoms with Crippen molar-refractivity contribution in [1.29, 1.82) is 0 Å². The smallest absolute Gasteiger partial charge is 0.226 e. The van der Waals surface area contributed by atoms with E-state index in [1.54, 1.807) is 0 Å². The molecule has 0 saturated heterocycles. The molecule has 0 radical (unpaired) electrons. The van der Waals surface area contributed by atoms with Gasteiger partial charge in [-0.05, 0) is 36.0 Å². The minimum atomic E-state index is -0.368. The molecule has 2 aromatic carbocycles. The van der Waals surface area contributed by atoms with Crippen LogP contribution in [0.1, 0.15) is 36.0 Å². The molecular weight excluding hydrogens is 324 g/mol. The molecule has 2 aromatic rings. The Kier molecular flexibility index (Phi) is 4.27. The second-order valence-corrected chi connectivity index (χ2v) is 7.53. The number of aryl methyl sites for hydroxylation is 1. The quantitative estimate of drug-likeness (QED) is 0.872. The van der Waals surface area contributed by atoms with Gasteiger partial charge in [-0.15, -0.1) is 0 Å². The standard InChI is InChI=1S/C22H24N2O2/c23-20(25)11-13-24(15-16-6-2-1-3-7-16)21(26)19-14-22(19)12-10-17-8-4-5-9-18(17)22/h1-9,19H,10-15H2,(H2,23,25)/t19-,22-/m1/s1. The van der Waals surface area contributed by atoms with Crippen LogP contribution in [-0.4, -0.2) is 23.3 Å². The van der Waals surface area contributed by atoms with Gasteiger partial charge < -0.3 is 10.6 Å². The zero-order valence-corrected chi connectivity index (χ0v) is 14.9. The Labute approximate surface area is 154 Å². The topological polar surface area (TPSA) is 63.4 Å². The number of nitrogens with two attached hydrogens (primary N) is 1. The molecule has 2 aliphatic rings. The highest BCUT2D eigenvalue weighted by Crippen LogP contribution is 2.62. The number of nitrogens with zero attached hydrogens (tertiary/aromatic N) is 1. The van der Waals surface area contributed by atoms with Crippen molar-refractivity contribution < 1.29 is 9.59 Å². The molecule has 1 spiro atoms. The van der Waals surface area contributed by atoms with Crippen molar-refractivity contribution in [1.82, 2.24) is 4.90 Å².